The molecule has 0 radical (unpaired) electrons. The van der Waals surface area contributed by atoms with E-state index >= 15 is 0 Å². The number of nitrogens with zero attached hydrogens (tertiary/aromatic N) is 4. The Bertz CT molecular complexity index is 579. The highest BCUT2D eigenvalue weighted by Gasteiger charge is 2.56. The van der Waals surface area contributed by atoms with Crippen molar-refractivity contribution in [2.24, 2.45) is 0 Å². The number of hydrogen-bond acceptors (Lipinski definition) is 6. The number of hydrogen-bond donors (Lipinski definition) is 2. The Morgan fingerprint density at radius 3 is 1.61 bits per heavy atom. The lowest BCUT2D eigenvalue weighted by Gasteiger charge is -2.56. The van der Waals surface area contributed by atoms with Crippen LogP contribution in [0.4, 0.5) is 10.3 Å². The lowest BCUT2D eigenvalue weighted by molar-refractivity contribution is 1.32. The standard InChI is InChI=1S/C6H6N4P2S6/c13-11(14)9(5-7-1-3-17-5)12(15,16)10(11)6-8-2-4-18-6/h1-4H,(H,13,14)(H,15,16). The first kappa shape index (κ1) is 13.8. The van der Waals surface area contributed by atoms with E-state index in [1.807, 2.05) is 19.6 Å². The maximum Gasteiger partial charge on any atom is 0.196 e. The third kappa shape index (κ3) is 1.93. The molecule has 0 bridgehead atoms. The summed E-state index contributed by atoms with van der Waals surface area (Å²) in [5.41, 5.74) is -4.45. The monoisotopic (exact) mass is 388 g/mol. The first-order chi connectivity index (χ1) is 8.45. The van der Waals surface area contributed by atoms with Crippen molar-refractivity contribution in [1.29, 1.82) is 0 Å². The smallest absolute Gasteiger partial charge is 0.196 e. The van der Waals surface area contributed by atoms with Crippen LogP contribution in [0.15, 0.2) is 23.2 Å². The van der Waals surface area contributed by atoms with Gasteiger partial charge < -0.3 is 0 Å². The van der Waals surface area contributed by atoms with Crippen LogP contribution in [-0.2, 0) is 23.6 Å². The van der Waals surface area contributed by atoms with Crippen molar-refractivity contribution in [3.8, 4) is 0 Å². The van der Waals surface area contributed by atoms with Gasteiger partial charge in [-0.15, -0.1) is 22.7 Å². The van der Waals surface area contributed by atoms with Crippen molar-refractivity contribution >= 4 is 92.1 Å². The van der Waals surface area contributed by atoms with Crippen molar-refractivity contribution in [1.82, 2.24) is 9.97 Å². The third-order valence-corrected chi connectivity index (χ3v) is 17.3. The molecule has 0 aromatic carbocycles. The van der Waals surface area contributed by atoms with Crippen molar-refractivity contribution in [3.05, 3.63) is 23.2 Å². The second-order valence-electron chi connectivity index (χ2n) is 3.23. The molecular formula is C6H6N4P2S6. The molecule has 1 aliphatic rings. The fourth-order valence-electron chi connectivity index (χ4n) is 1.51. The molecule has 0 aliphatic carbocycles. The first-order valence-corrected chi connectivity index (χ1v) is 14.0. The fraction of sp³-hybridized carbons (Fsp3) is 0. The van der Waals surface area contributed by atoms with Gasteiger partial charge in [-0.1, -0.05) is 24.5 Å². The van der Waals surface area contributed by atoms with Gasteiger partial charge in [0.1, 0.15) is 0 Å². The Kier molecular flexibility index (Phi) is 3.61. The van der Waals surface area contributed by atoms with E-state index in [4.69, 9.17) is 23.6 Å². The predicted molar refractivity (Wildman–Crippen MR) is 95.7 cm³/mol. The summed E-state index contributed by atoms with van der Waals surface area (Å²) in [7, 11) is 0. The molecular weight excluding hydrogens is 382 g/mol. The van der Waals surface area contributed by atoms with Crippen LogP contribution in [0.5, 0.6) is 0 Å². The first-order valence-electron chi connectivity index (χ1n) is 4.52. The van der Waals surface area contributed by atoms with Gasteiger partial charge in [0.2, 0.25) is 0 Å². The summed E-state index contributed by atoms with van der Waals surface area (Å²) in [5, 5.41) is 5.40. The lowest BCUT2D eigenvalue weighted by Crippen LogP contribution is -2.37. The molecule has 0 amide bonds. The molecule has 0 spiro atoms. The van der Waals surface area contributed by atoms with E-state index < -0.39 is 11.1 Å². The molecule has 1 saturated heterocycles. The molecule has 3 heterocycles. The van der Waals surface area contributed by atoms with Crippen LogP contribution in [-0.4, -0.2) is 9.97 Å². The van der Waals surface area contributed by atoms with Crippen LogP contribution >= 0.6 is 58.3 Å². The second-order valence-corrected chi connectivity index (χ2v) is 17.3. The van der Waals surface area contributed by atoms with E-state index in [1.54, 1.807) is 12.4 Å². The van der Waals surface area contributed by atoms with Gasteiger partial charge in [0.25, 0.3) is 0 Å². The molecule has 0 N–H and O–H groups in total. The molecule has 96 valence electrons. The number of anilines is 2. The largest absolute Gasteiger partial charge is 0.241 e. The fourth-order valence-corrected chi connectivity index (χ4v) is 23.9. The number of thiazole rings is 2. The highest BCUT2D eigenvalue weighted by atomic mass is 32.9. The summed E-state index contributed by atoms with van der Waals surface area (Å²) in [4.78, 5) is 8.54. The molecule has 1 fully saturated rings. The average molecular weight is 388 g/mol. The number of thiol groups is 2. The molecule has 2 aromatic heterocycles. The second kappa shape index (κ2) is 4.70. The van der Waals surface area contributed by atoms with Crippen molar-refractivity contribution < 1.29 is 0 Å². The van der Waals surface area contributed by atoms with E-state index in [9.17, 15) is 0 Å². The highest BCUT2D eigenvalue weighted by Crippen LogP contribution is 2.91. The van der Waals surface area contributed by atoms with Gasteiger partial charge in [-0.2, -0.15) is 0 Å². The Morgan fingerprint density at radius 1 is 0.944 bits per heavy atom. The Labute approximate surface area is 133 Å². The highest BCUT2D eigenvalue weighted by molar-refractivity contribution is 8.80. The van der Waals surface area contributed by atoms with Gasteiger partial charge in [0.15, 0.2) is 21.3 Å². The molecule has 2 aromatic rings. The minimum Gasteiger partial charge on any atom is -0.241 e. The summed E-state index contributed by atoms with van der Waals surface area (Å²) in [6.45, 7) is 0. The lowest BCUT2D eigenvalue weighted by atomic mass is 11.0. The normalized spacial score (nSPS) is 31.4. The number of aromatic nitrogens is 2. The summed E-state index contributed by atoms with van der Waals surface area (Å²) in [6, 6.07) is 0. The summed E-state index contributed by atoms with van der Waals surface area (Å²) >= 11 is 23.6. The topological polar surface area (TPSA) is 32.3 Å². The van der Waals surface area contributed by atoms with Crippen molar-refractivity contribution in [2.75, 3.05) is 8.88 Å². The third-order valence-electron chi connectivity index (χ3n) is 2.17. The summed E-state index contributed by atoms with van der Waals surface area (Å²) in [5.74, 6) is 0. The van der Waals surface area contributed by atoms with Crippen LogP contribution in [0.1, 0.15) is 0 Å². The van der Waals surface area contributed by atoms with Crippen LogP contribution in [0, 0.1) is 0 Å². The van der Waals surface area contributed by atoms with Crippen LogP contribution in [0.25, 0.3) is 0 Å². The Morgan fingerprint density at radius 2 is 1.33 bits per heavy atom. The minimum atomic E-state index is -2.23. The molecule has 18 heavy (non-hydrogen) atoms. The maximum absolute atomic E-state index is 5.63. The van der Waals surface area contributed by atoms with Crippen LogP contribution in [0.3, 0.4) is 0 Å². The molecule has 12 heteroatoms. The van der Waals surface area contributed by atoms with E-state index in [0.717, 1.165) is 10.3 Å². The molecule has 4 nitrogen and oxygen atoms in total. The van der Waals surface area contributed by atoms with E-state index in [0.29, 0.717) is 0 Å². The summed E-state index contributed by atoms with van der Waals surface area (Å²) in [6.07, 6.45) is 3.47. The zero-order chi connectivity index (χ0) is 13.0. The van der Waals surface area contributed by atoms with Gasteiger partial charge in [-0.25, -0.2) is 18.8 Å². The molecule has 1 aliphatic heterocycles. The molecule has 0 atom stereocenters. The zero-order valence-corrected chi connectivity index (χ0v) is 15.4. The Hall–Kier alpha value is 0.860. The minimum absolute atomic E-state index is 0.805. The van der Waals surface area contributed by atoms with Gasteiger partial charge in [0.05, 0.1) is 0 Å². The van der Waals surface area contributed by atoms with Crippen LogP contribution < -0.4 is 8.88 Å². The van der Waals surface area contributed by atoms with Crippen molar-refractivity contribution in [2.45, 2.75) is 0 Å². The van der Waals surface area contributed by atoms with E-state index in [2.05, 4.69) is 34.5 Å². The van der Waals surface area contributed by atoms with Crippen LogP contribution in [0.2, 0.25) is 0 Å². The molecule has 3 rings (SSSR count). The quantitative estimate of drug-likeness (QED) is 0.592. The molecule has 0 saturated carbocycles. The Balaban J connectivity index is 2.08. The predicted octanol–water partition coefficient (Wildman–Crippen LogP) is 4.23. The van der Waals surface area contributed by atoms with E-state index in [-0.39, 0.29) is 0 Å². The maximum atomic E-state index is 5.63. The average Bonchev–Trinajstić information content (AvgIpc) is 2.88. The van der Waals surface area contributed by atoms with Crippen molar-refractivity contribution in [3.63, 3.8) is 0 Å². The van der Waals surface area contributed by atoms with Gasteiger partial charge in [-0.3, -0.25) is 0 Å². The van der Waals surface area contributed by atoms with E-state index in [1.165, 1.54) is 22.7 Å². The zero-order valence-electron chi connectivity index (χ0n) is 8.52. The van der Waals surface area contributed by atoms with Gasteiger partial charge >= 0.3 is 0 Å². The van der Waals surface area contributed by atoms with Gasteiger partial charge in [-0.05, 0) is 23.6 Å². The SMILES string of the molecule is S=P1(S)N(c2nccs2)P(=S)(S)N1c1nccs1. The number of rotatable bonds is 2. The van der Waals surface area contributed by atoms with Gasteiger partial charge in [0, 0.05) is 23.2 Å². The summed E-state index contributed by atoms with van der Waals surface area (Å²) < 4.78 is 3.87. The molecule has 0 unspecified atom stereocenters.